The molecule has 0 heterocycles. The molecule has 0 aliphatic carbocycles. The first kappa shape index (κ1) is 15.8. The van der Waals surface area contributed by atoms with E-state index in [0.29, 0.717) is 18.5 Å². The molecule has 108 valence electrons. The van der Waals surface area contributed by atoms with E-state index in [9.17, 15) is 20.5 Å². The second-order valence-corrected chi connectivity index (χ2v) is 5.69. The van der Waals surface area contributed by atoms with Crippen LogP contribution in [0.25, 0.3) is 0 Å². The van der Waals surface area contributed by atoms with Gasteiger partial charge in [-0.15, -0.1) is 0 Å². The van der Waals surface area contributed by atoms with E-state index < -0.39 is 5.60 Å². The van der Waals surface area contributed by atoms with Crippen LogP contribution in [-0.4, -0.2) is 45.8 Å². The molecule has 0 radical (unpaired) electrons. The molecule has 5 nitrogen and oxygen atoms in total. The van der Waals surface area contributed by atoms with Crippen molar-refractivity contribution in [1.29, 1.82) is 0 Å². The van der Waals surface area contributed by atoms with Crippen molar-refractivity contribution in [1.82, 2.24) is 0 Å². The summed E-state index contributed by atoms with van der Waals surface area (Å²) in [6.45, 7) is 4.06. The zero-order chi connectivity index (χ0) is 14.8. The molecule has 0 saturated heterocycles. The van der Waals surface area contributed by atoms with Gasteiger partial charge in [-0.2, -0.15) is 4.65 Å². The summed E-state index contributed by atoms with van der Waals surface area (Å²) in [5, 5.41) is 39.5. The van der Waals surface area contributed by atoms with Crippen LogP contribution in [0.1, 0.15) is 25.8 Å². The topological polar surface area (TPSA) is 80.9 Å². The van der Waals surface area contributed by atoms with Crippen molar-refractivity contribution < 1.29 is 25.2 Å². The van der Waals surface area contributed by atoms with Gasteiger partial charge in [0, 0.05) is 5.92 Å². The minimum Gasteiger partial charge on any atom is -0.504 e. The smallest absolute Gasteiger partial charge is 0.157 e. The summed E-state index contributed by atoms with van der Waals surface area (Å²) in [6.07, 6.45) is 0.443. The molecule has 0 aliphatic heterocycles. The highest BCUT2D eigenvalue weighted by molar-refractivity contribution is 5.42. The number of hydrogen-bond acceptors (Lipinski definition) is 4. The van der Waals surface area contributed by atoms with Crippen LogP contribution in [0.4, 0.5) is 0 Å². The number of phenolic OH excluding ortho intramolecular Hbond substituents is 2. The lowest BCUT2D eigenvalue weighted by Crippen LogP contribution is -2.46. The van der Waals surface area contributed by atoms with Crippen LogP contribution >= 0.6 is 0 Å². The van der Waals surface area contributed by atoms with Gasteiger partial charge >= 0.3 is 0 Å². The summed E-state index contributed by atoms with van der Waals surface area (Å²) in [5.74, 6) is -0.691. The van der Waals surface area contributed by atoms with Crippen molar-refractivity contribution in [3.05, 3.63) is 23.8 Å². The van der Waals surface area contributed by atoms with Crippen molar-refractivity contribution in [3.8, 4) is 11.5 Å². The SMILES string of the molecule is CCC(O)(c1ccc(O)c(O)c1)C(C)C[N+](C)(C)O. The number of quaternary nitrogens is 1. The fraction of sp³-hybridized carbons (Fsp3) is 0.571. The monoisotopic (exact) mass is 270 g/mol. The molecule has 2 atom stereocenters. The van der Waals surface area contributed by atoms with Crippen molar-refractivity contribution in [2.45, 2.75) is 25.9 Å². The van der Waals surface area contributed by atoms with Crippen LogP contribution in [0.2, 0.25) is 0 Å². The number of rotatable bonds is 5. The van der Waals surface area contributed by atoms with Crippen LogP contribution in [-0.2, 0) is 5.60 Å². The van der Waals surface area contributed by atoms with E-state index in [1.807, 2.05) is 13.8 Å². The molecule has 0 aliphatic rings. The van der Waals surface area contributed by atoms with Crippen LogP contribution in [0.3, 0.4) is 0 Å². The van der Waals surface area contributed by atoms with Gasteiger partial charge in [-0.05, 0) is 24.1 Å². The number of benzene rings is 1. The normalized spacial score (nSPS) is 16.9. The predicted octanol–water partition coefficient (Wildman–Crippen LogP) is 1.80. The van der Waals surface area contributed by atoms with Gasteiger partial charge in [0.05, 0.1) is 19.7 Å². The van der Waals surface area contributed by atoms with Crippen molar-refractivity contribution in [2.24, 2.45) is 5.92 Å². The summed E-state index contributed by atoms with van der Waals surface area (Å²) >= 11 is 0. The zero-order valence-electron chi connectivity index (χ0n) is 12.0. The van der Waals surface area contributed by atoms with Crippen LogP contribution in [0, 0.1) is 5.92 Å². The first-order valence-electron chi connectivity index (χ1n) is 6.40. The minimum atomic E-state index is -1.16. The Kier molecular flexibility index (Phi) is 4.45. The lowest BCUT2D eigenvalue weighted by atomic mass is 9.80. The summed E-state index contributed by atoms with van der Waals surface area (Å²) in [5.41, 5.74) is -0.630. The van der Waals surface area contributed by atoms with Gasteiger partial charge in [0.1, 0.15) is 6.54 Å². The van der Waals surface area contributed by atoms with E-state index in [1.165, 1.54) is 12.1 Å². The summed E-state index contributed by atoms with van der Waals surface area (Å²) < 4.78 is -0.243. The number of aromatic hydroxyl groups is 2. The molecule has 0 aromatic heterocycles. The molecule has 0 amide bonds. The Morgan fingerprint density at radius 3 is 2.21 bits per heavy atom. The summed E-state index contributed by atoms with van der Waals surface area (Å²) in [4.78, 5) is 0. The maximum Gasteiger partial charge on any atom is 0.157 e. The Morgan fingerprint density at radius 2 is 1.79 bits per heavy atom. The van der Waals surface area contributed by atoms with Gasteiger partial charge in [-0.3, -0.25) is 0 Å². The predicted molar refractivity (Wildman–Crippen MR) is 71.9 cm³/mol. The maximum absolute atomic E-state index is 10.8. The molecule has 2 unspecified atom stereocenters. The number of hydrogen-bond donors (Lipinski definition) is 4. The maximum atomic E-state index is 10.8. The van der Waals surface area contributed by atoms with E-state index in [0.717, 1.165) is 0 Å². The lowest BCUT2D eigenvalue weighted by molar-refractivity contribution is -1.08. The molecular formula is C14H24NO4+. The van der Waals surface area contributed by atoms with Gasteiger partial charge in [-0.1, -0.05) is 19.9 Å². The highest BCUT2D eigenvalue weighted by Crippen LogP contribution is 2.37. The highest BCUT2D eigenvalue weighted by atomic mass is 16.5. The van der Waals surface area contributed by atoms with E-state index in [-0.39, 0.29) is 22.1 Å². The molecule has 19 heavy (non-hydrogen) atoms. The van der Waals surface area contributed by atoms with E-state index in [4.69, 9.17) is 0 Å². The summed E-state index contributed by atoms with van der Waals surface area (Å²) in [6, 6.07) is 4.32. The minimum absolute atomic E-state index is 0.215. The van der Waals surface area contributed by atoms with E-state index in [1.54, 1.807) is 20.2 Å². The fourth-order valence-corrected chi connectivity index (χ4v) is 2.45. The number of aliphatic hydroxyl groups is 1. The van der Waals surface area contributed by atoms with Crippen molar-refractivity contribution in [3.63, 3.8) is 0 Å². The molecular weight excluding hydrogens is 246 g/mol. The highest BCUT2D eigenvalue weighted by Gasteiger charge is 2.38. The number of nitrogens with zero attached hydrogens (tertiary/aromatic N) is 1. The fourth-order valence-electron chi connectivity index (χ4n) is 2.45. The quantitative estimate of drug-likeness (QED) is 0.373. The Labute approximate surface area is 113 Å². The second kappa shape index (κ2) is 5.36. The molecule has 5 heteroatoms. The van der Waals surface area contributed by atoms with Gasteiger partial charge in [0.2, 0.25) is 0 Å². The molecule has 0 saturated carbocycles. The Bertz CT molecular complexity index is 442. The molecule has 4 N–H and O–H groups in total. The Morgan fingerprint density at radius 1 is 1.21 bits per heavy atom. The number of hydroxylamine groups is 3. The molecule has 1 aromatic rings. The molecule has 0 fully saturated rings. The third kappa shape index (κ3) is 3.59. The van der Waals surface area contributed by atoms with E-state index in [2.05, 4.69) is 0 Å². The van der Waals surface area contributed by atoms with Gasteiger partial charge in [-0.25, -0.2) is 5.21 Å². The largest absolute Gasteiger partial charge is 0.504 e. The molecule has 0 bridgehead atoms. The zero-order valence-corrected chi connectivity index (χ0v) is 12.0. The average Bonchev–Trinajstić information content (AvgIpc) is 2.29. The Balaban J connectivity index is 3.11. The third-order valence-corrected chi connectivity index (χ3v) is 3.55. The first-order chi connectivity index (χ1) is 8.60. The first-order valence-corrected chi connectivity index (χ1v) is 6.40. The molecule has 1 aromatic carbocycles. The van der Waals surface area contributed by atoms with Crippen LogP contribution in [0.15, 0.2) is 18.2 Å². The standard InChI is InChI=1S/C14H23NO4/c1-5-14(18,10(2)9-15(3,4)19)11-6-7-12(16)13(17)8-11/h6-8,10,18-19H,5,9H2,1-4H3,(H-,16,17)/p+1. The van der Waals surface area contributed by atoms with Crippen LogP contribution in [0.5, 0.6) is 11.5 Å². The third-order valence-electron chi connectivity index (χ3n) is 3.55. The van der Waals surface area contributed by atoms with Gasteiger partial charge < -0.3 is 15.3 Å². The molecule has 0 spiro atoms. The van der Waals surface area contributed by atoms with Crippen molar-refractivity contribution >= 4 is 0 Å². The second-order valence-electron chi connectivity index (χ2n) is 5.69. The number of phenols is 2. The van der Waals surface area contributed by atoms with E-state index >= 15 is 0 Å². The molecule has 1 rings (SSSR count). The lowest BCUT2D eigenvalue weighted by Gasteiger charge is -2.36. The van der Waals surface area contributed by atoms with Gasteiger partial charge in [0.15, 0.2) is 11.5 Å². The summed E-state index contributed by atoms with van der Waals surface area (Å²) in [7, 11) is 3.28. The van der Waals surface area contributed by atoms with Crippen LogP contribution < -0.4 is 0 Å². The Hall–Kier alpha value is -1.30. The van der Waals surface area contributed by atoms with Gasteiger partial charge in [0.25, 0.3) is 0 Å². The van der Waals surface area contributed by atoms with Crippen molar-refractivity contribution in [2.75, 3.05) is 20.6 Å². The average molecular weight is 270 g/mol.